The van der Waals surface area contributed by atoms with Crippen LogP contribution in [0, 0.1) is 5.95 Å². The van der Waals surface area contributed by atoms with Crippen molar-refractivity contribution in [1.29, 1.82) is 0 Å². The van der Waals surface area contributed by atoms with Gasteiger partial charge in [0.15, 0.2) is 0 Å². The van der Waals surface area contributed by atoms with Crippen LogP contribution in [0.25, 0.3) is 0 Å². The number of carbonyl (C=O) groups is 1. The number of ether oxygens (including phenoxy) is 1. The average molecular weight is 210 g/mol. The molecule has 15 heavy (non-hydrogen) atoms. The molecule has 1 amide bonds. The third-order valence-electron chi connectivity index (χ3n) is 2.44. The molecule has 0 aromatic carbocycles. The van der Waals surface area contributed by atoms with Crippen molar-refractivity contribution in [3.05, 3.63) is 29.8 Å². The van der Waals surface area contributed by atoms with Gasteiger partial charge in [-0.3, -0.25) is 4.79 Å². The van der Waals surface area contributed by atoms with Crippen LogP contribution in [0.4, 0.5) is 4.39 Å². The molecule has 0 radical (unpaired) electrons. The number of hydrogen-bond acceptors (Lipinski definition) is 3. The van der Waals surface area contributed by atoms with Gasteiger partial charge in [0.1, 0.15) is 0 Å². The first kappa shape index (κ1) is 10.0. The summed E-state index contributed by atoms with van der Waals surface area (Å²) in [5, 5.41) is 0. The summed E-state index contributed by atoms with van der Waals surface area (Å²) in [7, 11) is 1.62. The highest BCUT2D eigenvalue weighted by Gasteiger charge is 2.31. The average Bonchev–Trinajstić information content (AvgIpc) is 2.17. The molecule has 0 spiro atoms. The Hall–Kier alpha value is -1.49. The highest BCUT2D eigenvalue weighted by molar-refractivity contribution is 5.94. The number of nitrogens with zero attached hydrogens (tertiary/aromatic N) is 2. The van der Waals surface area contributed by atoms with Gasteiger partial charge in [-0.15, -0.1) is 0 Å². The number of hydrogen-bond donors (Lipinski definition) is 0. The second-order valence-corrected chi connectivity index (χ2v) is 3.44. The van der Waals surface area contributed by atoms with Gasteiger partial charge >= 0.3 is 0 Å². The summed E-state index contributed by atoms with van der Waals surface area (Å²) in [6, 6.07) is 2.62. The van der Waals surface area contributed by atoms with E-state index in [9.17, 15) is 9.18 Å². The molecule has 0 atom stereocenters. The highest BCUT2D eigenvalue weighted by atomic mass is 19.1. The van der Waals surface area contributed by atoms with Gasteiger partial charge in [0.25, 0.3) is 5.91 Å². The second kappa shape index (κ2) is 3.94. The quantitative estimate of drug-likeness (QED) is 0.674. The molecular formula is C10H11FN2O2. The van der Waals surface area contributed by atoms with Crippen molar-refractivity contribution >= 4 is 5.91 Å². The summed E-state index contributed by atoms with van der Waals surface area (Å²) in [6.07, 6.45) is 1.37. The first-order valence-electron chi connectivity index (χ1n) is 4.64. The minimum absolute atomic E-state index is 0.127. The third-order valence-corrected chi connectivity index (χ3v) is 2.44. The lowest BCUT2D eigenvalue weighted by Crippen LogP contribution is -2.54. The Bertz CT molecular complexity index is 360. The van der Waals surface area contributed by atoms with Crippen LogP contribution in [0.15, 0.2) is 18.3 Å². The van der Waals surface area contributed by atoms with E-state index in [-0.39, 0.29) is 12.0 Å². The molecule has 1 aromatic rings. The van der Waals surface area contributed by atoms with Crippen molar-refractivity contribution in [2.45, 2.75) is 6.10 Å². The van der Waals surface area contributed by atoms with Crippen LogP contribution in [0.3, 0.4) is 0 Å². The third kappa shape index (κ3) is 1.97. The molecule has 1 aromatic heterocycles. The van der Waals surface area contributed by atoms with Crippen LogP contribution >= 0.6 is 0 Å². The molecule has 0 bridgehead atoms. The van der Waals surface area contributed by atoms with Crippen molar-refractivity contribution in [1.82, 2.24) is 9.88 Å². The predicted molar refractivity (Wildman–Crippen MR) is 50.9 cm³/mol. The van der Waals surface area contributed by atoms with Crippen molar-refractivity contribution < 1.29 is 13.9 Å². The van der Waals surface area contributed by atoms with Crippen molar-refractivity contribution in [2.24, 2.45) is 0 Å². The molecule has 0 N–H and O–H groups in total. The van der Waals surface area contributed by atoms with Gasteiger partial charge in [0.2, 0.25) is 5.95 Å². The monoisotopic (exact) mass is 210 g/mol. The van der Waals surface area contributed by atoms with Crippen LogP contribution in [-0.2, 0) is 4.74 Å². The standard InChI is InChI=1S/C10H11FN2O2/c1-15-8-5-13(6-8)10(14)7-2-3-9(11)12-4-7/h2-4,8H,5-6H2,1H3. The predicted octanol–water partition coefficient (Wildman–Crippen LogP) is 0.692. The Balaban J connectivity index is 2.00. The fourth-order valence-electron chi connectivity index (χ4n) is 1.44. The smallest absolute Gasteiger partial charge is 0.255 e. The zero-order chi connectivity index (χ0) is 10.8. The normalized spacial score (nSPS) is 16.3. The minimum atomic E-state index is -0.579. The van der Waals surface area contributed by atoms with E-state index in [1.54, 1.807) is 12.0 Å². The Labute approximate surface area is 86.7 Å². The highest BCUT2D eigenvalue weighted by Crippen LogP contribution is 2.14. The maximum atomic E-state index is 12.5. The number of halogens is 1. The topological polar surface area (TPSA) is 42.4 Å². The van der Waals surface area contributed by atoms with Crippen LogP contribution in [-0.4, -0.2) is 42.1 Å². The van der Waals surface area contributed by atoms with E-state index in [0.717, 1.165) is 0 Å². The summed E-state index contributed by atoms with van der Waals surface area (Å²) in [4.78, 5) is 16.8. The first-order chi connectivity index (χ1) is 7.20. The van der Waals surface area contributed by atoms with E-state index in [0.29, 0.717) is 18.7 Å². The summed E-state index contributed by atoms with van der Waals surface area (Å²) in [5.74, 6) is -0.708. The molecule has 1 aliphatic rings. The minimum Gasteiger partial charge on any atom is -0.378 e. The number of pyridine rings is 1. The molecule has 1 fully saturated rings. The summed E-state index contributed by atoms with van der Waals surface area (Å²) < 4.78 is 17.6. The summed E-state index contributed by atoms with van der Waals surface area (Å²) >= 11 is 0. The van der Waals surface area contributed by atoms with Gasteiger partial charge in [-0.05, 0) is 12.1 Å². The number of rotatable bonds is 2. The summed E-state index contributed by atoms with van der Waals surface area (Å²) in [5.41, 5.74) is 0.408. The maximum Gasteiger partial charge on any atom is 0.255 e. The van der Waals surface area contributed by atoms with Crippen LogP contribution in [0.5, 0.6) is 0 Å². The molecule has 0 saturated carbocycles. The second-order valence-electron chi connectivity index (χ2n) is 3.44. The number of methoxy groups -OCH3 is 1. The molecule has 0 unspecified atom stereocenters. The van der Waals surface area contributed by atoms with E-state index in [1.807, 2.05) is 0 Å². The molecule has 0 aliphatic carbocycles. The van der Waals surface area contributed by atoms with Crippen molar-refractivity contribution in [3.63, 3.8) is 0 Å². The van der Waals surface area contributed by atoms with Gasteiger partial charge < -0.3 is 9.64 Å². The first-order valence-corrected chi connectivity index (χ1v) is 4.64. The van der Waals surface area contributed by atoms with Crippen LogP contribution in [0.1, 0.15) is 10.4 Å². The van der Waals surface area contributed by atoms with E-state index in [2.05, 4.69) is 4.98 Å². The zero-order valence-corrected chi connectivity index (χ0v) is 8.31. The van der Waals surface area contributed by atoms with Gasteiger partial charge in [0.05, 0.1) is 11.7 Å². The molecule has 1 aliphatic heterocycles. The zero-order valence-electron chi connectivity index (χ0n) is 8.31. The number of amides is 1. The Morgan fingerprint density at radius 2 is 2.33 bits per heavy atom. The van der Waals surface area contributed by atoms with Crippen LogP contribution < -0.4 is 0 Å². The number of aromatic nitrogens is 1. The van der Waals surface area contributed by atoms with Crippen LogP contribution in [0.2, 0.25) is 0 Å². The fraction of sp³-hybridized carbons (Fsp3) is 0.400. The van der Waals surface area contributed by atoms with Gasteiger partial charge in [-0.2, -0.15) is 4.39 Å². The Kier molecular flexibility index (Phi) is 2.64. The molecular weight excluding hydrogens is 199 g/mol. The molecule has 4 nitrogen and oxygen atoms in total. The lowest BCUT2D eigenvalue weighted by molar-refractivity contribution is -0.0192. The van der Waals surface area contributed by atoms with Crippen molar-refractivity contribution in [3.8, 4) is 0 Å². The SMILES string of the molecule is COC1CN(C(=O)c2ccc(F)nc2)C1. The van der Waals surface area contributed by atoms with E-state index < -0.39 is 5.95 Å². The fourth-order valence-corrected chi connectivity index (χ4v) is 1.44. The van der Waals surface area contributed by atoms with E-state index >= 15 is 0 Å². The molecule has 2 rings (SSSR count). The molecule has 1 saturated heterocycles. The molecule has 80 valence electrons. The lowest BCUT2D eigenvalue weighted by atomic mass is 10.1. The Morgan fingerprint density at radius 1 is 1.60 bits per heavy atom. The summed E-state index contributed by atoms with van der Waals surface area (Å²) in [6.45, 7) is 1.18. The largest absolute Gasteiger partial charge is 0.378 e. The van der Waals surface area contributed by atoms with E-state index in [1.165, 1.54) is 18.3 Å². The molecule has 5 heteroatoms. The van der Waals surface area contributed by atoms with Crippen molar-refractivity contribution in [2.75, 3.05) is 20.2 Å². The molecule has 2 heterocycles. The van der Waals surface area contributed by atoms with Gasteiger partial charge in [-0.25, -0.2) is 4.98 Å². The lowest BCUT2D eigenvalue weighted by Gasteiger charge is -2.38. The van der Waals surface area contributed by atoms with Gasteiger partial charge in [-0.1, -0.05) is 0 Å². The number of likely N-dealkylation sites (tertiary alicyclic amines) is 1. The van der Waals surface area contributed by atoms with Gasteiger partial charge in [0, 0.05) is 26.4 Å². The van der Waals surface area contributed by atoms with E-state index in [4.69, 9.17) is 4.74 Å². The maximum absolute atomic E-state index is 12.5. The number of carbonyl (C=O) groups excluding carboxylic acids is 1. The Morgan fingerprint density at radius 3 is 2.87 bits per heavy atom.